The van der Waals surface area contributed by atoms with Crippen LogP contribution >= 0.6 is 11.3 Å². The summed E-state index contributed by atoms with van der Waals surface area (Å²) in [6.07, 6.45) is 0. The second kappa shape index (κ2) is 8.65. The van der Waals surface area contributed by atoms with Gasteiger partial charge in [0.05, 0.1) is 12.2 Å². The van der Waals surface area contributed by atoms with Crippen LogP contribution in [0, 0.1) is 0 Å². The van der Waals surface area contributed by atoms with Crippen molar-refractivity contribution in [1.82, 2.24) is 5.32 Å². The fourth-order valence-electron chi connectivity index (χ4n) is 2.58. The number of ether oxygens (including phenoxy) is 2. The zero-order chi connectivity index (χ0) is 17.5. The van der Waals surface area contributed by atoms with Crippen LogP contribution in [-0.2, 0) is 11.3 Å². The lowest BCUT2D eigenvalue weighted by atomic mass is 10.1. The summed E-state index contributed by atoms with van der Waals surface area (Å²) < 4.78 is 12.2. The molecule has 0 radical (unpaired) electrons. The highest BCUT2D eigenvalue weighted by Crippen LogP contribution is 2.25. The molecule has 3 rings (SSSR count). The third-order valence-electron chi connectivity index (χ3n) is 3.82. The van der Waals surface area contributed by atoms with Crippen molar-refractivity contribution in [3.8, 4) is 5.75 Å². The Bertz CT molecular complexity index is 844. The lowest BCUT2D eigenvalue weighted by Gasteiger charge is -2.11. The fraction of sp³-hybridized carbons (Fsp3) is 0.250. The fourth-order valence-corrected chi connectivity index (χ4v) is 3.54. The predicted molar refractivity (Wildman–Crippen MR) is 101 cm³/mol. The molecule has 1 amide bonds. The number of hydrogen-bond donors (Lipinski definition) is 1. The molecule has 0 bridgehead atoms. The first-order valence-electron chi connectivity index (χ1n) is 8.32. The second-order valence-electron chi connectivity index (χ2n) is 5.48. The molecule has 0 aliphatic rings. The summed E-state index contributed by atoms with van der Waals surface area (Å²) in [7, 11) is 0. The van der Waals surface area contributed by atoms with Crippen LogP contribution in [0.15, 0.2) is 53.9 Å². The Morgan fingerprint density at radius 3 is 2.76 bits per heavy atom. The lowest BCUT2D eigenvalue weighted by molar-refractivity contribution is 0.0934. The molecule has 25 heavy (non-hydrogen) atoms. The van der Waals surface area contributed by atoms with Crippen LogP contribution in [-0.4, -0.2) is 25.7 Å². The van der Waals surface area contributed by atoms with E-state index in [4.69, 9.17) is 9.47 Å². The van der Waals surface area contributed by atoms with Crippen LogP contribution in [0.5, 0.6) is 5.75 Å². The number of amides is 1. The van der Waals surface area contributed by atoms with Crippen molar-refractivity contribution in [2.24, 2.45) is 0 Å². The van der Waals surface area contributed by atoms with Gasteiger partial charge in [0.15, 0.2) is 0 Å². The molecule has 3 aromatic rings. The Morgan fingerprint density at radius 2 is 1.88 bits per heavy atom. The van der Waals surface area contributed by atoms with E-state index in [0.29, 0.717) is 37.7 Å². The maximum absolute atomic E-state index is 12.6. The van der Waals surface area contributed by atoms with Gasteiger partial charge >= 0.3 is 0 Å². The minimum absolute atomic E-state index is 0.137. The van der Waals surface area contributed by atoms with Crippen LogP contribution in [0.25, 0.3) is 10.1 Å². The van der Waals surface area contributed by atoms with Crippen molar-refractivity contribution in [2.75, 3.05) is 19.8 Å². The van der Waals surface area contributed by atoms with Crippen LogP contribution in [0.3, 0.4) is 0 Å². The van der Waals surface area contributed by atoms with Gasteiger partial charge in [0.1, 0.15) is 12.4 Å². The molecule has 1 aromatic heterocycles. The van der Waals surface area contributed by atoms with Crippen molar-refractivity contribution < 1.29 is 14.3 Å². The number of thiophene rings is 1. The average Bonchev–Trinajstić information content (AvgIpc) is 3.07. The summed E-state index contributed by atoms with van der Waals surface area (Å²) in [6, 6.07) is 15.5. The van der Waals surface area contributed by atoms with E-state index < -0.39 is 0 Å². The van der Waals surface area contributed by atoms with E-state index in [1.54, 1.807) is 23.5 Å². The molecule has 1 N–H and O–H groups in total. The zero-order valence-corrected chi connectivity index (χ0v) is 15.0. The summed E-state index contributed by atoms with van der Waals surface area (Å²) in [6.45, 7) is 4.02. The maximum atomic E-state index is 12.6. The minimum Gasteiger partial charge on any atom is -0.490 e. The van der Waals surface area contributed by atoms with Gasteiger partial charge in [-0.3, -0.25) is 4.79 Å². The molecule has 0 atom stereocenters. The Kier molecular flexibility index (Phi) is 6.04. The third kappa shape index (κ3) is 4.38. The number of para-hydroxylation sites is 1. The highest BCUT2D eigenvalue weighted by atomic mass is 32.1. The van der Waals surface area contributed by atoms with Gasteiger partial charge in [0.2, 0.25) is 0 Å². The molecule has 1 heterocycles. The van der Waals surface area contributed by atoms with Crippen molar-refractivity contribution in [3.63, 3.8) is 0 Å². The first kappa shape index (κ1) is 17.5. The third-order valence-corrected chi connectivity index (χ3v) is 4.83. The second-order valence-corrected chi connectivity index (χ2v) is 6.39. The molecule has 0 saturated heterocycles. The highest BCUT2D eigenvalue weighted by Gasteiger charge is 2.12. The van der Waals surface area contributed by atoms with Crippen molar-refractivity contribution in [2.45, 2.75) is 13.5 Å². The normalized spacial score (nSPS) is 10.8. The predicted octanol–water partition coefficient (Wildman–Crippen LogP) is 4.25. The first-order valence-corrected chi connectivity index (χ1v) is 9.20. The molecule has 4 nitrogen and oxygen atoms in total. The van der Waals surface area contributed by atoms with E-state index in [2.05, 4.69) is 22.8 Å². The smallest absolute Gasteiger partial charge is 0.255 e. The zero-order valence-electron chi connectivity index (χ0n) is 14.2. The highest BCUT2D eigenvalue weighted by molar-refractivity contribution is 7.17. The van der Waals surface area contributed by atoms with Crippen molar-refractivity contribution >= 4 is 27.3 Å². The first-order chi connectivity index (χ1) is 12.3. The Labute approximate surface area is 151 Å². The number of carbonyl (C=O) groups is 1. The number of nitrogens with one attached hydrogen (secondary N) is 1. The molecule has 0 unspecified atom stereocenters. The Morgan fingerprint density at radius 1 is 1.08 bits per heavy atom. The van der Waals surface area contributed by atoms with E-state index in [1.165, 1.54) is 10.1 Å². The summed E-state index contributed by atoms with van der Waals surface area (Å²) in [5.41, 5.74) is 1.67. The molecular weight excluding hydrogens is 334 g/mol. The number of carbonyl (C=O) groups excluding carboxylic acids is 1. The number of fused-ring (bicyclic) bond motifs is 1. The number of rotatable bonds is 8. The molecule has 130 valence electrons. The quantitative estimate of drug-likeness (QED) is 0.615. The Hall–Kier alpha value is -2.37. The molecule has 0 aliphatic carbocycles. The summed E-state index contributed by atoms with van der Waals surface area (Å²) >= 11 is 1.69. The summed E-state index contributed by atoms with van der Waals surface area (Å²) in [5.74, 6) is 0.442. The van der Waals surface area contributed by atoms with Gasteiger partial charge in [-0.15, -0.1) is 11.3 Å². The molecular formula is C20H21NO3S. The molecule has 0 saturated carbocycles. The molecule has 2 aromatic carbocycles. The van der Waals surface area contributed by atoms with Crippen LogP contribution in [0.4, 0.5) is 0 Å². The summed E-state index contributed by atoms with van der Waals surface area (Å²) in [4.78, 5) is 12.6. The van der Waals surface area contributed by atoms with Gasteiger partial charge in [-0.05, 0) is 41.5 Å². The van der Waals surface area contributed by atoms with Gasteiger partial charge in [0.25, 0.3) is 5.91 Å². The maximum Gasteiger partial charge on any atom is 0.255 e. The van der Waals surface area contributed by atoms with Gasteiger partial charge < -0.3 is 14.8 Å². The lowest BCUT2D eigenvalue weighted by Crippen LogP contribution is -2.23. The SMILES string of the molecule is CCOCCOc1ccccc1C(=O)NCc1csc2ccccc12. The van der Waals surface area contributed by atoms with Gasteiger partial charge in [-0.1, -0.05) is 30.3 Å². The van der Waals surface area contributed by atoms with Gasteiger partial charge in [0, 0.05) is 17.9 Å². The summed E-state index contributed by atoms with van der Waals surface area (Å²) in [5, 5.41) is 6.27. The average molecular weight is 355 g/mol. The van der Waals surface area contributed by atoms with E-state index in [9.17, 15) is 4.79 Å². The van der Waals surface area contributed by atoms with E-state index in [0.717, 1.165) is 5.56 Å². The molecule has 0 spiro atoms. The number of benzene rings is 2. The van der Waals surface area contributed by atoms with Crippen molar-refractivity contribution in [1.29, 1.82) is 0 Å². The van der Waals surface area contributed by atoms with E-state index >= 15 is 0 Å². The van der Waals surface area contributed by atoms with Gasteiger partial charge in [-0.2, -0.15) is 0 Å². The standard InChI is InChI=1S/C20H21NO3S/c1-2-23-11-12-24-18-9-5-3-8-17(18)20(22)21-13-15-14-25-19-10-6-4-7-16(15)19/h3-10,14H,2,11-13H2,1H3,(H,21,22). The van der Waals surface area contributed by atoms with Crippen LogP contribution in [0.1, 0.15) is 22.8 Å². The van der Waals surface area contributed by atoms with Crippen molar-refractivity contribution in [3.05, 3.63) is 65.0 Å². The minimum atomic E-state index is -0.137. The molecule has 0 aliphatic heterocycles. The van der Waals surface area contributed by atoms with Crippen LogP contribution < -0.4 is 10.1 Å². The largest absolute Gasteiger partial charge is 0.490 e. The molecule has 0 fully saturated rings. The van der Waals surface area contributed by atoms with Crippen LogP contribution in [0.2, 0.25) is 0 Å². The van der Waals surface area contributed by atoms with Gasteiger partial charge in [-0.25, -0.2) is 0 Å². The number of hydrogen-bond acceptors (Lipinski definition) is 4. The van der Waals surface area contributed by atoms with E-state index in [-0.39, 0.29) is 5.91 Å². The molecule has 5 heteroatoms. The topological polar surface area (TPSA) is 47.6 Å². The Balaban J connectivity index is 1.65. The van der Waals surface area contributed by atoms with E-state index in [1.807, 2.05) is 31.2 Å². The monoisotopic (exact) mass is 355 g/mol.